The maximum Gasteiger partial charge on any atom is 0.0824 e. The first-order valence-corrected chi connectivity index (χ1v) is 5.46. The van der Waals surface area contributed by atoms with Crippen LogP contribution < -0.4 is 5.73 Å². The molecule has 0 bridgehead atoms. The molecule has 2 rings (SSSR count). The Labute approximate surface area is 115 Å². The van der Waals surface area contributed by atoms with Gasteiger partial charge in [0.25, 0.3) is 0 Å². The number of nitrogens with two attached hydrogens (primary N) is 1. The summed E-state index contributed by atoms with van der Waals surface area (Å²) in [6.45, 7) is 4.37. The van der Waals surface area contributed by atoms with Gasteiger partial charge in [0.2, 0.25) is 0 Å². The van der Waals surface area contributed by atoms with Gasteiger partial charge in [-0.1, -0.05) is 30.3 Å². The Hall–Kier alpha value is -0.320. The SMILES string of the molecule is Cl.Cl.NCC1CN(Cc2ccccc2)CCO1. The van der Waals surface area contributed by atoms with E-state index >= 15 is 0 Å². The van der Waals surface area contributed by atoms with E-state index in [1.807, 2.05) is 6.07 Å². The molecule has 2 N–H and O–H groups in total. The molecule has 1 unspecified atom stereocenters. The Balaban J connectivity index is 0.00000128. The Morgan fingerprint density at radius 3 is 2.59 bits per heavy atom. The minimum absolute atomic E-state index is 0. The number of hydrogen-bond donors (Lipinski definition) is 1. The smallest absolute Gasteiger partial charge is 0.0824 e. The van der Waals surface area contributed by atoms with E-state index in [1.165, 1.54) is 5.56 Å². The van der Waals surface area contributed by atoms with E-state index in [0.717, 1.165) is 26.2 Å². The van der Waals surface area contributed by atoms with Crippen LogP contribution >= 0.6 is 24.8 Å². The second-order valence-electron chi connectivity index (χ2n) is 3.95. The van der Waals surface area contributed by atoms with Gasteiger partial charge in [0, 0.05) is 26.2 Å². The van der Waals surface area contributed by atoms with Crippen LogP contribution in [0.1, 0.15) is 5.56 Å². The fourth-order valence-corrected chi connectivity index (χ4v) is 1.91. The summed E-state index contributed by atoms with van der Waals surface area (Å²) >= 11 is 0. The summed E-state index contributed by atoms with van der Waals surface area (Å²) in [7, 11) is 0. The van der Waals surface area contributed by atoms with Gasteiger partial charge in [-0.05, 0) is 5.56 Å². The summed E-state index contributed by atoms with van der Waals surface area (Å²) in [5.41, 5.74) is 6.96. The van der Waals surface area contributed by atoms with Crippen LogP contribution in [0.25, 0.3) is 0 Å². The average Bonchev–Trinajstić information content (AvgIpc) is 2.31. The van der Waals surface area contributed by atoms with Crippen LogP contribution in [0.5, 0.6) is 0 Å². The molecule has 1 aliphatic heterocycles. The van der Waals surface area contributed by atoms with Gasteiger partial charge in [-0.3, -0.25) is 4.90 Å². The van der Waals surface area contributed by atoms with Gasteiger partial charge in [0.1, 0.15) is 0 Å². The fraction of sp³-hybridized carbons (Fsp3) is 0.500. The summed E-state index contributed by atoms with van der Waals surface area (Å²) in [6, 6.07) is 10.5. The molecule has 3 nitrogen and oxygen atoms in total. The van der Waals surface area contributed by atoms with Crippen molar-refractivity contribution in [1.29, 1.82) is 0 Å². The lowest BCUT2D eigenvalue weighted by molar-refractivity contribution is -0.0260. The molecule has 1 aliphatic rings. The molecule has 1 heterocycles. The molecular formula is C12H20Cl2N2O. The highest BCUT2D eigenvalue weighted by Gasteiger charge is 2.18. The number of nitrogens with zero attached hydrogens (tertiary/aromatic N) is 1. The summed E-state index contributed by atoms with van der Waals surface area (Å²) < 4.78 is 5.53. The summed E-state index contributed by atoms with van der Waals surface area (Å²) in [4.78, 5) is 2.40. The van der Waals surface area contributed by atoms with Crippen molar-refractivity contribution in [2.24, 2.45) is 5.73 Å². The third-order valence-corrected chi connectivity index (χ3v) is 2.73. The van der Waals surface area contributed by atoms with Crippen LogP contribution in [-0.4, -0.2) is 37.2 Å². The predicted octanol–water partition coefficient (Wildman–Crippen LogP) is 1.69. The number of halogens is 2. The normalized spacial score (nSPS) is 20.2. The lowest BCUT2D eigenvalue weighted by Crippen LogP contribution is -2.45. The molecule has 5 heteroatoms. The van der Waals surface area contributed by atoms with Gasteiger partial charge in [-0.2, -0.15) is 0 Å². The van der Waals surface area contributed by atoms with Crippen molar-refractivity contribution in [3.8, 4) is 0 Å². The van der Waals surface area contributed by atoms with Gasteiger partial charge in [-0.25, -0.2) is 0 Å². The second kappa shape index (κ2) is 8.72. The van der Waals surface area contributed by atoms with Crippen LogP contribution in [0.15, 0.2) is 30.3 Å². The molecule has 1 fully saturated rings. The largest absolute Gasteiger partial charge is 0.374 e. The molecule has 1 saturated heterocycles. The third-order valence-electron chi connectivity index (χ3n) is 2.73. The quantitative estimate of drug-likeness (QED) is 0.915. The monoisotopic (exact) mass is 278 g/mol. The van der Waals surface area contributed by atoms with E-state index in [2.05, 4.69) is 29.2 Å². The van der Waals surface area contributed by atoms with E-state index in [9.17, 15) is 0 Å². The number of morpholine rings is 1. The predicted molar refractivity (Wildman–Crippen MR) is 75.0 cm³/mol. The fourth-order valence-electron chi connectivity index (χ4n) is 1.91. The third kappa shape index (κ3) is 5.23. The Bertz CT molecular complexity index is 298. The molecule has 0 aromatic heterocycles. The summed E-state index contributed by atoms with van der Waals surface area (Å²) in [6.07, 6.45) is 0.211. The van der Waals surface area contributed by atoms with Crippen molar-refractivity contribution >= 4 is 24.8 Å². The highest BCUT2D eigenvalue weighted by Crippen LogP contribution is 2.09. The molecular weight excluding hydrogens is 259 g/mol. The Morgan fingerprint density at radius 2 is 1.94 bits per heavy atom. The standard InChI is InChI=1S/C12H18N2O.2ClH/c13-8-12-10-14(6-7-15-12)9-11-4-2-1-3-5-11;;/h1-5,12H,6-10,13H2;2*1H. The van der Waals surface area contributed by atoms with E-state index in [1.54, 1.807) is 0 Å². The zero-order valence-electron chi connectivity index (χ0n) is 9.75. The van der Waals surface area contributed by atoms with Gasteiger partial charge < -0.3 is 10.5 Å². The molecule has 0 aliphatic carbocycles. The molecule has 17 heavy (non-hydrogen) atoms. The summed E-state index contributed by atoms with van der Waals surface area (Å²) in [5, 5.41) is 0. The molecule has 1 atom stereocenters. The molecule has 0 amide bonds. The number of hydrogen-bond acceptors (Lipinski definition) is 3. The van der Waals surface area contributed by atoms with E-state index in [-0.39, 0.29) is 30.9 Å². The van der Waals surface area contributed by atoms with Crippen LogP contribution in [0.3, 0.4) is 0 Å². The number of rotatable bonds is 3. The van der Waals surface area contributed by atoms with E-state index in [4.69, 9.17) is 10.5 Å². The van der Waals surface area contributed by atoms with Crippen molar-refractivity contribution in [3.63, 3.8) is 0 Å². The lowest BCUT2D eigenvalue weighted by Gasteiger charge is -2.32. The minimum Gasteiger partial charge on any atom is -0.374 e. The molecule has 98 valence electrons. The molecule has 0 spiro atoms. The molecule has 1 aromatic rings. The van der Waals surface area contributed by atoms with Crippen molar-refractivity contribution < 1.29 is 4.74 Å². The van der Waals surface area contributed by atoms with Crippen LogP contribution in [0, 0.1) is 0 Å². The van der Waals surface area contributed by atoms with E-state index < -0.39 is 0 Å². The Morgan fingerprint density at radius 1 is 1.24 bits per heavy atom. The first-order chi connectivity index (χ1) is 7.38. The van der Waals surface area contributed by atoms with Crippen molar-refractivity contribution in [1.82, 2.24) is 4.90 Å². The second-order valence-corrected chi connectivity index (χ2v) is 3.95. The van der Waals surface area contributed by atoms with E-state index in [0.29, 0.717) is 6.54 Å². The van der Waals surface area contributed by atoms with Crippen LogP contribution in [-0.2, 0) is 11.3 Å². The topological polar surface area (TPSA) is 38.5 Å². The maximum absolute atomic E-state index is 5.61. The van der Waals surface area contributed by atoms with Crippen molar-refractivity contribution in [2.45, 2.75) is 12.6 Å². The Kier molecular flexibility index (Phi) is 8.56. The zero-order chi connectivity index (χ0) is 10.5. The van der Waals surface area contributed by atoms with Gasteiger partial charge in [0.15, 0.2) is 0 Å². The zero-order valence-corrected chi connectivity index (χ0v) is 11.4. The molecule has 0 saturated carbocycles. The first kappa shape index (κ1) is 16.7. The van der Waals surface area contributed by atoms with Crippen molar-refractivity contribution in [3.05, 3.63) is 35.9 Å². The maximum atomic E-state index is 5.61. The average molecular weight is 279 g/mol. The van der Waals surface area contributed by atoms with Crippen LogP contribution in [0.2, 0.25) is 0 Å². The van der Waals surface area contributed by atoms with Gasteiger partial charge in [0.05, 0.1) is 12.7 Å². The van der Waals surface area contributed by atoms with Crippen molar-refractivity contribution in [2.75, 3.05) is 26.2 Å². The highest BCUT2D eigenvalue weighted by atomic mass is 35.5. The number of benzene rings is 1. The highest BCUT2D eigenvalue weighted by molar-refractivity contribution is 5.85. The van der Waals surface area contributed by atoms with Gasteiger partial charge >= 0.3 is 0 Å². The first-order valence-electron chi connectivity index (χ1n) is 5.46. The molecule has 0 radical (unpaired) electrons. The van der Waals surface area contributed by atoms with Crippen LogP contribution in [0.4, 0.5) is 0 Å². The lowest BCUT2D eigenvalue weighted by atomic mass is 10.2. The number of ether oxygens (including phenoxy) is 1. The molecule has 1 aromatic carbocycles. The minimum atomic E-state index is 0. The summed E-state index contributed by atoms with van der Waals surface area (Å²) in [5.74, 6) is 0. The van der Waals surface area contributed by atoms with Gasteiger partial charge in [-0.15, -0.1) is 24.8 Å².